The van der Waals surface area contributed by atoms with Gasteiger partial charge in [0.2, 0.25) is 0 Å². The standard InChI is InChI=1S/C79H87N3O29/c1-88-38-49-56(61(90-3)65(93-6)76(100-49)108-55-52-42-98-75(99-52)54(81-82-80)60(55)89-2)109-77-66(94-7)62(91-4)57(50(101-77)39-95-69(83)43-26-14-8-15-27-43)110-78-67(105-72(86)46-32-20-11-21-33-46)63(92-5)58(51(102-78)40-96-70(84)44-28-16-9-17-29-44)111-79-68(106-73(87)47-34-22-12-23-35-47)64(104-71(85)45-30-18-10-19-31-45)59-53(103-79)41-97-74(107-59)48-36-24-13-25-37-48/h8-37,49-68,74-79H,38-42H2,1-7H3/t49-,50-,51?,52?,53?,54?,55-,56+,57+,58+,59+,60-,61?,62?,63-,64-,65?,66?,67?,68?,74?,75+,76-,77+,78-,79-/m0/s1. The van der Waals surface area contributed by atoms with Crippen LogP contribution in [0.5, 0.6) is 0 Å². The molecule has 0 radical (unpaired) electrons. The molecule has 0 saturated carbocycles. The zero-order chi connectivity index (χ0) is 77.5. The molecule has 11 unspecified atom stereocenters. The molecular weight excluding hydrogens is 1450 g/mol. The summed E-state index contributed by atoms with van der Waals surface area (Å²) in [5.41, 5.74) is 10.8. The van der Waals surface area contributed by atoms with Crippen LogP contribution >= 0.6 is 0 Å². The predicted molar refractivity (Wildman–Crippen MR) is 379 cm³/mol. The van der Waals surface area contributed by atoms with E-state index >= 15 is 0 Å². The van der Waals surface area contributed by atoms with Gasteiger partial charge in [-0.25, -0.2) is 24.0 Å². The van der Waals surface area contributed by atoms with Crippen molar-refractivity contribution in [2.24, 2.45) is 5.11 Å². The van der Waals surface area contributed by atoms with Crippen LogP contribution in [0.3, 0.4) is 0 Å². The lowest BCUT2D eigenvalue weighted by Crippen LogP contribution is -2.69. The number of carbonyl (C=O) groups is 5. The number of fused-ring (bicyclic) bond motifs is 3. The van der Waals surface area contributed by atoms with Crippen LogP contribution in [0.1, 0.15) is 63.6 Å². The molecule has 111 heavy (non-hydrogen) atoms. The van der Waals surface area contributed by atoms with Crippen molar-refractivity contribution in [3.8, 4) is 0 Å². The minimum Gasteiger partial charge on any atom is -0.459 e. The number of carbonyl (C=O) groups excluding carboxylic acids is 5. The molecule has 592 valence electrons. The number of methoxy groups -OCH3 is 7. The molecule has 7 saturated heterocycles. The number of nitrogens with zero attached hydrogens (tertiary/aromatic N) is 3. The van der Waals surface area contributed by atoms with Crippen molar-refractivity contribution in [2.45, 2.75) is 160 Å². The van der Waals surface area contributed by atoms with Gasteiger partial charge in [-0.05, 0) is 66.2 Å². The second kappa shape index (κ2) is 38.2. The Kier molecular flexibility index (Phi) is 27.6. The fourth-order valence-corrected chi connectivity index (χ4v) is 14.7. The van der Waals surface area contributed by atoms with E-state index < -0.39 is 203 Å². The number of esters is 5. The summed E-state index contributed by atoms with van der Waals surface area (Å²) in [7, 11) is 9.76. The minimum absolute atomic E-state index is 0.0660. The Labute approximate surface area is 638 Å². The molecule has 32 heteroatoms. The van der Waals surface area contributed by atoms with Gasteiger partial charge >= 0.3 is 29.8 Å². The van der Waals surface area contributed by atoms with Crippen molar-refractivity contribution in [3.63, 3.8) is 0 Å². The number of rotatable bonds is 30. The quantitative estimate of drug-likeness (QED) is 0.0143. The van der Waals surface area contributed by atoms with Crippen molar-refractivity contribution in [3.05, 3.63) is 226 Å². The smallest absolute Gasteiger partial charge is 0.338 e. The Morgan fingerprint density at radius 2 is 0.712 bits per heavy atom. The molecule has 26 atom stereocenters. The van der Waals surface area contributed by atoms with Crippen LogP contribution in [0.2, 0.25) is 0 Å². The molecule has 0 amide bonds. The molecule has 6 aromatic rings. The first-order valence-corrected chi connectivity index (χ1v) is 36.0. The average molecular weight is 1540 g/mol. The molecule has 7 aliphatic rings. The third-order valence-corrected chi connectivity index (χ3v) is 20.0. The van der Waals surface area contributed by atoms with Crippen LogP contribution in [0, 0.1) is 0 Å². The highest BCUT2D eigenvalue weighted by Gasteiger charge is 2.62. The monoisotopic (exact) mass is 1540 g/mol. The number of benzene rings is 6. The van der Waals surface area contributed by atoms with Gasteiger partial charge in [0.05, 0.1) is 53.7 Å². The van der Waals surface area contributed by atoms with Crippen molar-refractivity contribution in [1.82, 2.24) is 0 Å². The first-order chi connectivity index (χ1) is 54.3. The Balaban J connectivity index is 0.870. The molecule has 2 bridgehead atoms. The summed E-state index contributed by atoms with van der Waals surface area (Å²) in [6.45, 7) is -1.55. The van der Waals surface area contributed by atoms with E-state index in [0.717, 1.165) is 0 Å². The number of hydrogen-bond donors (Lipinski definition) is 0. The Bertz CT molecular complexity index is 4030. The fraction of sp³-hybridized carbons (Fsp3) is 0.481. The second-order valence-corrected chi connectivity index (χ2v) is 26.6. The number of ether oxygens (including phenoxy) is 24. The number of hydrogen-bond acceptors (Lipinski definition) is 30. The maximum atomic E-state index is 15.0. The summed E-state index contributed by atoms with van der Waals surface area (Å²) >= 11 is 0. The van der Waals surface area contributed by atoms with E-state index in [0.29, 0.717) is 5.56 Å². The van der Waals surface area contributed by atoms with Gasteiger partial charge < -0.3 is 114 Å². The van der Waals surface area contributed by atoms with E-state index in [2.05, 4.69) is 10.0 Å². The normalized spacial score (nSPS) is 33.7. The van der Waals surface area contributed by atoms with Crippen LogP contribution in [-0.2, 0) is 114 Å². The Morgan fingerprint density at radius 1 is 0.360 bits per heavy atom. The van der Waals surface area contributed by atoms with Gasteiger partial charge in [-0.1, -0.05) is 126 Å². The molecule has 7 aliphatic heterocycles. The van der Waals surface area contributed by atoms with Crippen LogP contribution < -0.4 is 0 Å². The largest absolute Gasteiger partial charge is 0.459 e. The van der Waals surface area contributed by atoms with Gasteiger partial charge in [-0.2, -0.15) is 0 Å². The maximum Gasteiger partial charge on any atom is 0.338 e. The molecular formula is C79H87N3O29. The highest BCUT2D eigenvalue weighted by Crippen LogP contribution is 2.43. The summed E-state index contributed by atoms with van der Waals surface area (Å²) in [6, 6.07) is 48.4. The van der Waals surface area contributed by atoms with E-state index in [1.807, 2.05) is 6.07 Å². The summed E-state index contributed by atoms with van der Waals surface area (Å²) in [5, 5.41) is 3.92. The molecule has 0 aromatic heterocycles. The second-order valence-electron chi connectivity index (χ2n) is 26.6. The highest BCUT2D eigenvalue weighted by atomic mass is 16.8. The summed E-state index contributed by atoms with van der Waals surface area (Å²) in [4.78, 5) is 75.8. The number of azide groups is 1. The van der Waals surface area contributed by atoms with Crippen LogP contribution in [0.15, 0.2) is 187 Å². The molecule has 7 heterocycles. The minimum atomic E-state index is -1.86. The summed E-state index contributed by atoms with van der Waals surface area (Å²) in [5.74, 6) is -4.24. The highest BCUT2D eigenvalue weighted by molar-refractivity contribution is 5.91. The van der Waals surface area contributed by atoms with Crippen LogP contribution in [0.25, 0.3) is 10.4 Å². The first kappa shape index (κ1) is 80.3. The van der Waals surface area contributed by atoms with Gasteiger partial charge in [0.25, 0.3) is 0 Å². The van der Waals surface area contributed by atoms with E-state index in [9.17, 15) is 29.5 Å². The third-order valence-electron chi connectivity index (χ3n) is 20.0. The molecule has 0 aliphatic carbocycles. The van der Waals surface area contributed by atoms with Crippen molar-refractivity contribution in [2.75, 3.05) is 82.8 Å². The lowest BCUT2D eigenvalue weighted by molar-refractivity contribution is -0.399. The SMILES string of the molecule is COC[C@@H]1O[C@@H](O[C@H]2C3CO[C@H](O3)C(N=[N+]=[N-])[C@@H]2OC)C(OC)C(OC)[C@@H]1O[C@H]1O[C@@H](COC(=O)c2ccccc2)[C@@H](O[C@@H]2OC(COC(=O)c3ccccc3)[C@@H](O[C@@H]3OC4COC(c5ccccc5)O[C@H]4[C@H](OC(=O)c4ccccc4)C3OC(=O)c3ccccc3)[C@H](OC)C2OC(=O)c2ccccc2)C(OC)C1OC. The van der Waals surface area contributed by atoms with Crippen molar-refractivity contribution in [1.29, 1.82) is 0 Å². The van der Waals surface area contributed by atoms with Crippen LogP contribution in [-0.4, -0.2) is 266 Å². The summed E-state index contributed by atoms with van der Waals surface area (Å²) < 4.78 is 156. The van der Waals surface area contributed by atoms with E-state index in [-0.39, 0.29) is 47.6 Å². The molecule has 7 fully saturated rings. The first-order valence-electron chi connectivity index (χ1n) is 36.0. The third kappa shape index (κ3) is 18.3. The van der Waals surface area contributed by atoms with Crippen molar-refractivity contribution >= 4 is 29.8 Å². The Hall–Kier alpha value is -8.78. The van der Waals surface area contributed by atoms with Crippen molar-refractivity contribution < 1.29 is 138 Å². The molecule has 13 rings (SSSR count). The topological polar surface area (TPSA) is 356 Å². The zero-order valence-corrected chi connectivity index (χ0v) is 61.5. The van der Waals surface area contributed by atoms with Gasteiger partial charge in [0.1, 0.15) is 111 Å². The Morgan fingerprint density at radius 3 is 1.13 bits per heavy atom. The molecule has 0 N–H and O–H groups in total. The van der Waals surface area contributed by atoms with Gasteiger partial charge in [-0.15, -0.1) is 0 Å². The van der Waals surface area contributed by atoms with Gasteiger partial charge in [0, 0.05) is 60.2 Å². The van der Waals surface area contributed by atoms with E-state index in [1.165, 1.54) is 86.2 Å². The fourth-order valence-electron chi connectivity index (χ4n) is 14.7. The molecule has 0 spiro atoms. The molecule has 6 aromatic carbocycles. The lowest BCUT2D eigenvalue weighted by Gasteiger charge is -2.52. The summed E-state index contributed by atoms with van der Waals surface area (Å²) in [6.07, 6.45) is -33.1. The van der Waals surface area contributed by atoms with Gasteiger partial charge in [-0.3, -0.25) is 0 Å². The lowest BCUT2D eigenvalue weighted by atomic mass is 9.94. The molecule has 32 nitrogen and oxygen atoms in total. The predicted octanol–water partition coefficient (Wildman–Crippen LogP) is 7.10. The maximum absolute atomic E-state index is 15.0. The zero-order valence-electron chi connectivity index (χ0n) is 61.5. The van der Waals surface area contributed by atoms with Crippen LogP contribution in [0.4, 0.5) is 0 Å². The van der Waals surface area contributed by atoms with Gasteiger partial charge in [0.15, 0.2) is 56.1 Å². The van der Waals surface area contributed by atoms with E-state index in [1.54, 1.807) is 140 Å². The average Bonchev–Trinajstić information content (AvgIpc) is 1.21. The van der Waals surface area contributed by atoms with E-state index in [4.69, 9.17) is 114 Å².